The van der Waals surface area contributed by atoms with Gasteiger partial charge in [0.15, 0.2) is 0 Å². The maximum atomic E-state index is 11.6. The number of nitrogens with one attached hydrogen (secondary N) is 1. The Morgan fingerprint density at radius 2 is 2.22 bits per heavy atom. The van der Waals surface area contributed by atoms with E-state index in [4.69, 9.17) is 11.6 Å². The van der Waals surface area contributed by atoms with E-state index in [0.29, 0.717) is 23.1 Å². The van der Waals surface area contributed by atoms with Gasteiger partial charge in [-0.15, -0.1) is 0 Å². The molecule has 1 N–H and O–H groups in total. The third-order valence-corrected chi connectivity index (χ3v) is 2.82. The SMILES string of the molecule is CNc1ccc(Cl)c(Cn2cc(C)cnc2=O)n1. The molecule has 5 nitrogen and oxygen atoms in total. The van der Waals surface area contributed by atoms with Crippen LogP contribution in [-0.4, -0.2) is 21.6 Å². The van der Waals surface area contributed by atoms with Gasteiger partial charge in [-0.2, -0.15) is 0 Å². The number of hydrogen-bond donors (Lipinski definition) is 1. The Bertz CT molecular complexity index is 624. The molecule has 0 fully saturated rings. The van der Waals surface area contributed by atoms with Gasteiger partial charge in [-0.3, -0.25) is 4.57 Å². The Morgan fingerprint density at radius 3 is 2.94 bits per heavy atom. The molecule has 0 bridgehead atoms. The summed E-state index contributed by atoms with van der Waals surface area (Å²) < 4.78 is 1.49. The smallest absolute Gasteiger partial charge is 0.347 e. The first-order valence-corrected chi connectivity index (χ1v) is 5.84. The molecule has 0 aliphatic rings. The maximum Gasteiger partial charge on any atom is 0.347 e. The van der Waals surface area contributed by atoms with Crippen LogP contribution in [0.5, 0.6) is 0 Å². The zero-order chi connectivity index (χ0) is 13.1. The average molecular weight is 265 g/mol. The van der Waals surface area contributed by atoms with E-state index < -0.39 is 0 Å². The van der Waals surface area contributed by atoms with Crippen LogP contribution in [0, 0.1) is 6.92 Å². The van der Waals surface area contributed by atoms with E-state index in [1.807, 2.05) is 6.92 Å². The lowest BCUT2D eigenvalue weighted by Crippen LogP contribution is -2.23. The zero-order valence-corrected chi connectivity index (χ0v) is 10.9. The van der Waals surface area contributed by atoms with Crippen molar-refractivity contribution in [2.24, 2.45) is 0 Å². The van der Waals surface area contributed by atoms with Crippen molar-refractivity contribution in [3.63, 3.8) is 0 Å². The number of rotatable bonds is 3. The highest BCUT2D eigenvalue weighted by molar-refractivity contribution is 6.31. The lowest BCUT2D eigenvalue weighted by Gasteiger charge is -2.08. The summed E-state index contributed by atoms with van der Waals surface area (Å²) in [5, 5.41) is 3.46. The summed E-state index contributed by atoms with van der Waals surface area (Å²) in [4.78, 5) is 19.7. The minimum absolute atomic E-state index is 0.307. The summed E-state index contributed by atoms with van der Waals surface area (Å²) in [5.74, 6) is 0.711. The van der Waals surface area contributed by atoms with Crippen LogP contribution in [0.2, 0.25) is 5.02 Å². The minimum Gasteiger partial charge on any atom is -0.373 e. The van der Waals surface area contributed by atoms with Crippen LogP contribution in [0.1, 0.15) is 11.3 Å². The predicted molar refractivity (Wildman–Crippen MR) is 71.1 cm³/mol. The van der Waals surface area contributed by atoms with Crippen LogP contribution < -0.4 is 11.0 Å². The Balaban J connectivity index is 2.39. The third-order valence-electron chi connectivity index (χ3n) is 2.48. The molecule has 2 aromatic heterocycles. The third kappa shape index (κ3) is 2.68. The first kappa shape index (κ1) is 12.6. The van der Waals surface area contributed by atoms with E-state index in [1.54, 1.807) is 25.4 Å². The molecule has 6 heteroatoms. The molecule has 0 aromatic carbocycles. The largest absolute Gasteiger partial charge is 0.373 e. The fourth-order valence-electron chi connectivity index (χ4n) is 1.57. The molecule has 94 valence electrons. The van der Waals surface area contributed by atoms with Gasteiger partial charge < -0.3 is 5.32 Å². The van der Waals surface area contributed by atoms with E-state index in [-0.39, 0.29) is 5.69 Å². The second kappa shape index (κ2) is 5.18. The van der Waals surface area contributed by atoms with Crippen molar-refractivity contribution in [1.82, 2.24) is 14.5 Å². The van der Waals surface area contributed by atoms with Gasteiger partial charge in [-0.05, 0) is 24.6 Å². The first-order chi connectivity index (χ1) is 8.60. The molecule has 0 radical (unpaired) electrons. The highest BCUT2D eigenvalue weighted by Crippen LogP contribution is 2.17. The molecule has 0 saturated heterocycles. The molecule has 0 atom stereocenters. The molecule has 2 aromatic rings. The van der Waals surface area contributed by atoms with Crippen LogP contribution in [0.4, 0.5) is 5.82 Å². The predicted octanol–water partition coefficient (Wildman–Crippen LogP) is 1.69. The van der Waals surface area contributed by atoms with Crippen LogP contribution in [0.25, 0.3) is 0 Å². The molecule has 0 aliphatic heterocycles. The van der Waals surface area contributed by atoms with Crippen LogP contribution in [0.15, 0.2) is 29.3 Å². The molecule has 18 heavy (non-hydrogen) atoms. The number of anilines is 1. The molecule has 0 amide bonds. The van der Waals surface area contributed by atoms with Crippen molar-refractivity contribution in [3.05, 3.63) is 51.3 Å². The summed E-state index contributed by atoms with van der Waals surface area (Å²) in [6, 6.07) is 3.53. The van der Waals surface area contributed by atoms with Gasteiger partial charge in [-0.25, -0.2) is 14.8 Å². The lowest BCUT2D eigenvalue weighted by atomic mass is 10.3. The van der Waals surface area contributed by atoms with Crippen molar-refractivity contribution in [1.29, 1.82) is 0 Å². The summed E-state index contributed by atoms with van der Waals surface area (Å²) in [5.41, 5.74) is 1.24. The maximum absolute atomic E-state index is 11.6. The molecule has 2 rings (SSSR count). The Kier molecular flexibility index (Phi) is 3.62. The van der Waals surface area contributed by atoms with Gasteiger partial charge in [0.1, 0.15) is 5.82 Å². The number of aromatic nitrogens is 3. The van der Waals surface area contributed by atoms with Gasteiger partial charge in [0, 0.05) is 19.4 Å². The highest BCUT2D eigenvalue weighted by atomic mass is 35.5. The van der Waals surface area contributed by atoms with Gasteiger partial charge in [0.05, 0.1) is 17.3 Å². The topological polar surface area (TPSA) is 59.8 Å². The summed E-state index contributed by atoms with van der Waals surface area (Å²) >= 11 is 6.07. The van der Waals surface area contributed by atoms with Gasteiger partial charge in [0.25, 0.3) is 0 Å². The minimum atomic E-state index is -0.312. The van der Waals surface area contributed by atoms with Crippen LogP contribution in [0.3, 0.4) is 0 Å². The first-order valence-electron chi connectivity index (χ1n) is 5.46. The summed E-state index contributed by atoms with van der Waals surface area (Å²) in [7, 11) is 1.78. The average Bonchev–Trinajstić information content (AvgIpc) is 2.36. The number of nitrogens with zero attached hydrogens (tertiary/aromatic N) is 3. The monoisotopic (exact) mass is 264 g/mol. The molecule has 0 saturated carbocycles. The van der Waals surface area contributed by atoms with Gasteiger partial charge >= 0.3 is 5.69 Å². The van der Waals surface area contributed by atoms with Crippen molar-refractivity contribution < 1.29 is 0 Å². The Labute approximate surface area is 109 Å². The standard InChI is InChI=1S/C12H13ClN4O/c1-8-5-15-12(18)17(6-8)7-10-9(13)3-4-11(14-2)16-10/h3-6H,7H2,1-2H3,(H,14,16). The molecular weight excluding hydrogens is 252 g/mol. The number of hydrogen-bond acceptors (Lipinski definition) is 4. The quantitative estimate of drug-likeness (QED) is 0.917. The van der Waals surface area contributed by atoms with Crippen molar-refractivity contribution in [2.75, 3.05) is 12.4 Å². The molecule has 2 heterocycles. The normalized spacial score (nSPS) is 10.4. The second-order valence-electron chi connectivity index (χ2n) is 3.92. The van der Waals surface area contributed by atoms with Crippen molar-refractivity contribution in [2.45, 2.75) is 13.5 Å². The van der Waals surface area contributed by atoms with Crippen LogP contribution in [-0.2, 0) is 6.54 Å². The van der Waals surface area contributed by atoms with Gasteiger partial charge in [-0.1, -0.05) is 11.6 Å². The van der Waals surface area contributed by atoms with E-state index in [0.717, 1.165) is 5.56 Å². The van der Waals surface area contributed by atoms with E-state index >= 15 is 0 Å². The van der Waals surface area contributed by atoms with E-state index in [2.05, 4.69) is 15.3 Å². The fraction of sp³-hybridized carbons (Fsp3) is 0.250. The summed E-state index contributed by atoms with van der Waals surface area (Å²) in [6.45, 7) is 2.18. The molecule has 0 aliphatic carbocycles. The van der Waals surface area contributed by atoms with E-state index in [9.17, 15) is 4.79 Å². The fourth-order valence-corrected chi connectivity index (χ4v) is 1.74. The van der Waals surface area contributed by atoms with Crippen molar-refractivity contribution >= 4 is 17.4 Å². The molecule has 0 spiro atoms. The Morgan fingerprint density at radius 1 is 1.44 bits per heavy atom. The Hall–Kier alpha value is -1.88. The molecule has 0 unspecified atom stereocenters. The van der Waals surface area contributed by atoms with Crippen LogP contribution >= 0.6 is 11.6 Å². The number of pyridine rings is 1. The number of aryl methyl sites for hydroxylation is 1. The summed E-state index contributed by atoms with van der Waals surface area (Å²) in [6.07, 6.45) is 3.28. The van der Waals surface area contributed by atoms with E-state index in [1.165, 1.54) is 10.8 Å². The van der Waals surface area contributed by atoms with Gasteiger partial charge in [0.2, 0.25) is 0 Å². The second-order valence-corrected chi connectivity index (χ2v) is 4.32. The lowest BCUT2D eigenvalue weighted by molar-refractivity contribution is 0.706. The zero-order valence-electron chi connectivity index (χ0n) is 10.1. The molecular formula is C12H13ClN4O. The highest BCUT2D eigenvalue weighted by Gasteiger charge is 2.06. The number of halogens is 1. The van der Waals surface area contributed by atoms with Crippen molar-refractivity contribution in [3.8, 4) is 0 Å².